The van der Waals surface area contributed by atoms with Gasteiger partial charge in [-0.15, -0.1) is 0 Å². The summed E-state index contributed by atoms with van der Waals surface area (Å²) in [6.07, 6.45) is 9.90. The van der Waals surface area contributed by atoms with E-state index in [2.05, 4.69) is 22.0 Å². The van der Waals surface area contributed by atoms with Gasteiger partial charge in [0.25, 0.3) is 0 Å². The highest BCUT2D eigenvalue weighted by molar-refractivity contribution is 5.79. The van der Waals surface area contributed by atoms with E-state index >= 15 is 0 Å². The molecule has 1 amide bonds. The van der Waals surface area contributed by atoms with E-state index in [0.717, 1.165) is 81.2 Å². The summed E-state index contributed by atoms with van der Waals surface area (Å²) in [4.78, 5) is 31.1. The lowest BCUT2D eigenvalue weighted by Gasteiger charge is -2.32. The third-order valence-corrected chi connectivity index (χ3v) is 6.50. The van der Waals surface area contributed by atoms with Crippen LogP contribution in [0.3, 0.4) is 0 Å². The highest BCUT2D eigenvalue weighted by Gasteiger charge is 2.26. The second kappa shape index (κ2) is 9.65. The molecule has 2 aliphatic rings. The van der Waals surface area contributed by atoms with E-state index < -0.39 is 0 Å². The number of amides is 1. The molecule has 6 heteroatoms. The number of rotatable bonds is 5. The van der Waals surface area contributed by atoms with Crippen LogP contribution in [0.25, 0.3) is 0 Å². The molecule has 2 fully saturated rings. The van der Waals surface area contributed by atoms with E-state index in [-0.39, 0.29) is 5.91 Å². The molecule has 2 saturated heterocycles. The van der Waals surface area contributed by atoms with Crippen LogP contribution in [0, 0.1) is 13.8 Å². The lowest BCUT2D eigenvalue weighted by molar-refractivity contribution is -0.131. The van der Waals surface area contributed by atoms with Crippen LogP contribution in [-0.2, 0) is 17.8 Å². The van der Waals surface area contributed by atoms with Crippen molar-refractivity contribution in [3.05, 3.63) is 52.9 Å². The second-order valence-electron chi connectivity index (χ2n) is 8.78. The number of pyridine rings is 1. The molecule has 160 valence electrons. The van der Waals surface area contributed by atoms with Crippen LogP contribution < -0.4 is 0 Å². The van der Waals surface area contributed by atoms with Gasteiger partial charge in [0.15, 0.2) is 0 Å². The molecule has 0 aliphatic carbocycles. The van der Waals surface area contributed by atoms with Crippen LogP contribution in [0.4, 0.5) is 0 Å². The average molecular weight is 408 g/mol. The summed E-state index contributed by atoms with van der Waals surface area (Å²) in [5.74, 6) is 1.52. The van der Waals surface area contributed by atoms with Crippen LogP contribution >= 0.6 is 0 Å². The Bertz CT molecular complexity index is 840. The van der Waals surface area contributed by atoms with E-state index in [1.54, 1.807) is 0 Å². The van der Waals surface area contributed by atoms with Gasteiger partial charge >= 0.3 is 0 Å². The summed E-state index contributed by atoms with van der Waals surface area (Å²) in [6.45, 7) is 8.89. The summed E-state index contributed by atoms with van der Waals surface area (Å²) in [5, 5.41) is 0. The lowest BCUT2D eigenvalue weighted by Crippen LogP contribution is -2.37. The summed E-state index contributed by atoms with van der Waals surface area (Å²) in [5.41, 5.74) is 4.24. The third-order valence-electron chi connectivity index (χ3n) is 6.50. The molecule has 2 aromatic heterocycles. The van der Waals surface area contributed by atoms with Crippen LogP contribution in [-0.4, -0.2) is 56.8 Å². The summed E-state index contributed by atoms with van der Waals surface area (Å²) in [7, 11) is 0. The highest BCUT2D eigenvalue weighted by atomic mass is 16.2. The molecular weight excluding hydrogens is 374 g/mol. The van der Waals surface area contributed by atoms with Crippen molar-refractivity contribution < 1.29 is 4.79 Å². The maximum atomic E-state index is 12.7. The number of aromatic nitrogens is 3. The first-order chi connectivity index (χ1) is 14.6. The van der Waals surface area contributed by atoms with E-state index in [1.807, 2.05) is 31.1 Å². The first-order valence-electron chi connectivity index (χ1n) is 11.3. The van der Waals surface area contributed by atoms with Gasteiger partial charge in [-0.1, -0.05) is 0 Å². The zero-order valence-electron chi connectivity index (χ0n) is 18.3. The van der Waals surface area contributed by atoms with Crippen molar-refractivity contribution >= 4 is 5.91 Å². The van der Waals surface area contributed by atoms with Gasteiger partial charge in [-0.05, 0) is 70.2 Å². The Kier molecular flexibility index (Phi) is 6.72. The Morgan fingerprint density at radius 3 is 2.40 bits per heavy atom. The zero-order chi connectivity index (χ0) is 20.9. The van der Waals surface area contributed by atoms with Crippen LogP contribution in [0.5, 0.6) is 0 Å². The quantitative estimate of drug-likeness (QED) is 0.760. The van der Waals surface area contributed by atoms with E-state index in [9.17, 15) is 4.79 Å². The van der Waals surface area contributed by atoms with Crippen LogP contribution in [0.1, 0.15) is 66.4 Å². The Morgan fingerprint density at radius 2 is 1.70 bits per heavy atom. The number of carbonyl (C=O) groups excluding carboxylic acids is 1. The molecule has 6 nitrogen and oxygen atoms in total. The summed E-state index contributed by atoms with van der Waals surface area (Å²) < 4.78 is 0. The minimum Gasteiger partial charge on any atom is -0.342 e. The van der Waals surface area contributed by atoms with Crippen molar-refractivity contribution in [2.75, 3.05) is 26.2 Å². The Labute approximate surface area is 179 Å². The molecule has 1 atom stereocenters. The predicted octanol–water partition coefficient (Wildman–Crippen LogP) is 3.42. The number of piperidine rings is 2. The van der Waals surface area contributed by atoms with Gasteiger partial charge in [-0.3, -0.25) is 14.7 Å². The van der Waals surface area contributed by atoms with E-state index in [1.165, 1.54) is 12.0 Å². The monoisotopic (exact) mass is 407 g/mol. The molecule has 4 rings (SSSR count). The van der Waals surface area contributed by atoms with Crippen molar-refractivity contribution in [3.63, 3.8) is 0 Å². The molecule has 2 aromatic rings. The van der Waals surface area contributed by atoms with E-state index in [0.29, 0.717) is 12.3 Å². The average Bonchev–Trinajstić information content (AvgIpc) is 2.77. The molecule has 0 aromatic carbocycles. The number of hydrogen-bond donors (Lipinski definition) is 0. The normalized spacial score (nSPS) is 20.3. The Morgan fingerprint density at radius 1 is 1.00 bits per heavy atom. The molecular formula is C24H33N5O. The topological polar surface area (TPSA) is 62.2 Å². The SMILES string of the molecule is Cc1nc([C@H]2CCCN(Cc3ccncc3)C2)nc(C)c1CC(=O)N1CCCCC1. The first-order valence-corrected chi connectivity index (χ1v) is 11.3. The van der Waals surface area contributed by atoms with Gasteiger partial charge in [0.2, 0.25) is 5.91 Å². The maximum absolute atomic E-state index is 12.7. The molecule has 0 spiro atoms. The minimum atomic E-state index is 0.221. The van der Waals surface area contributed by atoms with Crippen molar-refractivity contribution in [1.29, 1.82) is 0 Å². The van der Waals surface area contributed by atoms with Crippen molar-refractivity contribution in [2.24, 2.45) is 0 Å². The van der Waals surface area contributed by atoms with Gasteiger partial charge in [-0.2, -0.15) is 0 Å². The number of hydrogen-bond acceptors (Lipinski definition) is 5. The predicted molar refractivity (Wildman–Crippen MR) is 117 cm³/mol. The number of carbonyl (C=O) groups is 1. The fourth-order valence-corrected chi connectivity index (χ4v) is 4.77. The fourth-order valence-electron chi connectivity index (χ4n) is 4.77. The molecule has 0 radical (unpaired) electrons. The molecule has 0 saturated carbocycles. The summed E-state index contributed by atoms with van der Waals surface area (Å²) in [6, 6.07) is 4.17. The zero-order valence-corrected chi connectivity index (χ0v) is 18.3. The van der Waals surface area contributed by atoms with Gasteiger partial charge in [0.1, 0.15) is 5.82 Å². The molecule has 2 aliphatic heterocycles. The van der Waals surface area contributed by atoms with Gasteiger partial charge in [0.05, 0.1) is 6.42 Å². The molecule has 30 heavy (non-hydrogen) atoms. The number of nitrogens with zero attached hydrogens (tertiary/aromatic N) is 5. The molecule has 4 heterocycles. The highest BCUT2D eigenvalue weighted by Crippen LogP contribution is 2.27. The molecule has 0 bridgehead atoms. The van der Waals surface area contributed by atoms with Crippen molar-refractivity contribution in [2.45, 2.75) is 64.8 Å². The van der Waals surface area contributed by atoms with Crippen LogP contribution in [0.2, 0.25) is 0 Å². The molecule has 0 unspecified atom stereocenters. The van der Waals surface area contributed by atoms with Crippen molar-refractivity contribution in [1.82, 2.24) is 24.8 Å². The minimum absolute atomic E-state index is 0.221. The van der Waals surface area contributed by atoms with Crippen LogP contribution in [0.15, 0.2) is 24.5 Å². The third kappa shape index (κ3) is 5.04. The standard InChI is InChI=1S/C24H33N5O/c1-18-22(15-23(30)29-13-4-3-5-14-29)19(2)27-24(26-18)21-7-6-12-28(17-21)16-20-8-10-25-11-9-20/h8-11,21H,3-7,12-17H2,1-2H3/t21-/m0/s1. The van der Waals surface area contributed by atoms with Crippen molar-refractivity contribution in [3.8, 4) is 0 Å². The fraction of sp³-hybridized carbons (Fsp3) is 0.583. The molecule has 0 N–H and O–H groups in total. The smallest absolute Gasteiger partial charge is 0.227 e. The largest absolute Gasteiger partial charge is 0.342 e. The second-order valence-corrected chi connectivity index (χ2v) is 8.78. The Hall–Kier alpha value is -2.34. The van der Waals surface area contributed by atoms with Gasteiger partial charge in [0, 0.05) is 61.4 Å². The van der Waals surface area contributed by atoms with Gasteiger partial charge < -0.3 is 4.90 Å². The van der Waals surface area contributed by atoms with E-state index in [4.69, 9.17) is 9.97 Å². The first kappa shape index (κ1) is 20.9. The number of likely N-dealkylation sites (tertiary alicyclic amines) is 2. The maximum Gasteiger partial charge on any atom is 0.227 e. The Balaban J connectivity index is 1.43. The van der Waals surface area contributed by atoms with Gasteiger partial charge in [-0.25, -0.2) is 9.97 Å². The summed E-state index contributed by atoms with van der Waals surface area (Å²) >= 11 is 0. The lowest BCUT2D eigenvalue weighted by atomic mass is 9.96. The number of aryl methyl sites for hydroxylation is 2.